The zero-order valence-electron chi connectivity index (χ0n) is 13.7. The van der Waals surface area contributed by atoms with Crippen molar-refractivity contribution in [3.63, 3.8) is 0 Å². The number of alkyl halides is 3. The molecule has 2 nitrogen and oxygen atoms in total. The second-order valence-electron chi connectivity index (χ2n) is 5.74. The van der Waals surface area contributed by atoms with E-state index in [4.69, 9.17) is 12.2 Å². The summed E-state index contributed by atoms with van der Waals surface area (Å²) in [6.45, 7) is 6.02. The van der Waals surface area contributed by atoms with E-state index in [1.807, 2.05) is 32.9 Å². The highest BCUT2D eigenvalue weighted by molar-refractivity contribution is 7.80. The molecule has 0 fully saturated rings. The predicted molar refractivity (Wildman–Crippen MR) is 95.1 cm³/mol. The lowest BCUT2D eigenvalue weighted by Gasteiger charge is -2.19. The van der Waals surface area contributed by atoms with E-state index in [2.05, 4.69) is 16.7 Å². The molecule has 24 heavy (non-hydrogen) atoms. The second kappa shape index (κ2) is 7.21. The highest BCUT2D eigenvalue weighted by Gasteiger charge is 2.30. The summed E-state index contributed by atoms with van der Waals surface area (Å²) in [5.74, 6) is 0. The maximum absolute atomic E-state index is 12.7. The van der Waals surface area contributed by atoms with E-state index in [0.717, 1.165) is 17.7 Å². The van der Waals surface area contributed by atoms with Gasteiger partial charge in [0.15, 0.2) is 5.11 Å². The van der Waals surface area contributed by atoms with Gasteiger partial charge in [0.2, 0.25) is 0 Å². The molecule has 0 aliphatic heterocycles. The monoisotopic (exact) mass is 352 g/mol. The Balaban J connectivity index is 2.04. The zero-order valence-corrected chi connectivity index (χ0v) is 14.5. The van der Waals surface area contributed by atoms with E-state index in [1.165, 1.54) is 17.2 Å². The maximum atomic E-state index is 12.7. The van der Waals surface area contributed by atoms with Gasteiger partial charge in [-0.05, 0) is 67.9 Å². The van der Waals surface area contributed by atoms with Crippen molar-refractivity contribution in [3.8, 4) is 0 Å². The van der Waals surface area contributed by atoms with Crippen molar-refractivity contribution < 1.29 is 13.2 Å². The van der Waals surface area contributed by atoms with Crippen molar-refractivity contribution in [1.82, 2.24) is 5.32 Å². The molecule has 0 amide bonds. The number of hydrogen-bond donors (Lipinski definition) is 2. The Labute approximate surface area is 145 Å². The van der Waals surface area contributed by atoms with Crippen molar-refractivity contribution in [2.24, 2.45) is 0 Å². The number of aryl methyl sites for hydroxylation is 2. The van der Waals surface area contributed by atoms with Gasteiger partial charge in [-0.25, -0.2) is 0 Å². The molecule has 0 unspecified atom stereocenters. The van der Waals surface area contributed by atoms with Crippen LogP contribution in [0, 0.1) is 13.8 Å². The first-order valence-corrected chi connectivity index (χ1v) is 7.89. The van der Waals surface area contributed by atoms with Gasteiger partial charge in [0.05, 0.1) is 11.6 Å². The number of halogens is 3. The van der Waals surface area contributed by atoms with Gasteiger partial charge in [-0.3, -0.25) is 0 Å². The van der Waals surface area contributed by atoms with Crippen LogP contribution in [0.3, 0.4) is 0 Å². The lowest BCUT2D eigenvalue weighted by Crippen LogP contribution is -2.31. The third-order valence-corrected chi connectivity index (χ3v) is 4.05. The fourth-order valence-electron chi connectivity index (χ4n) is 2.25. The molecule has 0 aromatic heterocycles. The maximum Gasteiger partial charge on any atom is 0.416 e. The summed E-state index contributed by atoms with van der Waals surface area (Å²) in [5, 5.41) is 6.17. The van der Waals surface area contributed by atoms with Gasteiger partial charge in [0.1, 0.15) is 0 Å². The Bertz CT molecular complexity index is 741. The lowest BCUT2D eigenvalue weighted by molar-refractivity contribution is -0.137. The molecule has 2 aromatic carbocycles. The van der Waals surface area contributed by atoms with Crippen molar-refractivity contribution >= 4 is 23.0 Å². The van der Waals surface area contributed by atoms with Gasteiger partial charge in [0.25, 0.3) is 0 Å². The van der Waals surface area contributed by atoms with Crippen molar-refractivity contribution in [1.29, 1.82) is 0 Å². The molecule has 2 aromatic rings. The van der Waals surface area contributed by atoms with Gasteiger partial charge in [-0.2, -0.15) is 13.2 Å². The van der Waals surface area contributed by atoms with Crippen LogP contribution in [-0.4, -0.2) is 5.11 Å². The second-order valence-corrected chi connectivity index (χ2v) is 6.15. The van der Waals surface area contributed by atoms with E-state index >= 15 is 0 Å². The minimum atomic E-state index is -4.38. The SMILES string of the molecule is Cc1ccc([C@H](C)NC(=S)Nc2cccc(C(F)(F)F)c2)cc1C. The van der Waals surface area contributed by atoms with Crippen molar-refractivity contribution in [2.75, 3.05) is 5.32 Å². The topological polar surface area (TPSA) is 24.1 Å². The molecule has 0 spiro atoms. The Morgan fingerprint density at radius 3 is 2.38 bits per heavy atom. The molecule has 128 valence electrons. The first-order chi connectivity index (χ1) is 11.2. The van der Waals surface area contributed by atoms with Crippen LogP contribution in [-0.2, 0) is 6.18 Å². The van der Waals surface area contributed by atoms with Gasteiger partial charge in [0, 0.05) is 5.69 Å². The van der Waals surface area contributed by atoms with Gasteiger partial charge in [-0.1, -0.05) is 24.3 Å². The van der Waals surface area contributed by atoms with Crippen LogP contribution >= 0.6 is 12.2 Å². The summed E-state index contributed by atoms with van der Waals surface area (Å²) in [6.07, 6.45) is -4.38. The summed E-state index contributed by atoms with van der Waals surface area (Å²) in [5.41, 5.74) is 3.03. The smallest absolute Gasteiger partial charge is 0.356 e. The van der Waals surface area contributed by atoms with Crippen LogP contribution in [0.1, 0.15) is 35.2 Å². The zero-order chi connectivity index (χ0) is 17.9. The summed E-state index contributed by atoms with van der Waals surface area (Å²) in [4.78, 5) is 0. The molecular weight excluding hydrogens is 333 g/mol. The average Bonchev–Trinajstić information content (AvgIpc) is 2.49. The van der Waals surface area contributed by atoms with Crippen molar-refractivity contribution in [3.05, 3.63) is 64.7 Å². The van der Waals surface area contributed by atoms with Crippen molar-refractivity contribution in [2.45, 2.75) is 33.0 Å². The molecule has 0 radical (unpaired) electrons. The highest BCUT2D eigenvalue weighted by atomic mass is 32.1. The fraction of sp³-hybridized carbons (Fsp3) is 0.278. The van der Waals surface area contributed by atoms with Crippen LogP contribution in [0.2, 0.25) is 0 Å². The number of rotatable bonds is 3. The molecule has 0 aliphatic rings. The highest BCUT2D eigenvalue weighted by Crippen LogP contribution is 2.30. The van der Waals surface area contributed by atoms with Crippen LogP contribution in [0.15, 0.2) is 42.5 Å². The fourth-order valence-corrected chi connectivity index (χ4v) is 2.55. The normalized spacial score (nSPS) is 12.6. The number of thiocarbonyl (C=S) groups is 1. The van der Waals surface area contributed by atoms with Gasteiger partial charge < -0.3 is 10.6 Å². The Morgan fingerprint density at radius 1 is 1.04 bits per heavy atom. The first kappa shape index (κ1) is 18.3. The molecular formula is C18H19F3N2S. The van der Waals surface area contributed by atoms with E-state index in [-0.39, 0.29) is 11.2 Å². The van der Waals surface area contributed by atoms with E-state index < -0.39 is 11.7 Å². The predicted octanol–water partition coefficient (Wildman–Crippen LogP) is 5.37. The molecule has 0 aliphatic carbocycles. The van der Waals surface area contributed by atoms with Gasteiger partial charge in [-0.15, -0.1) is 0 Å². The minimum absolute atomic E-state index is 0.0601. The molecule has 0 heterocycles. The number of anilines is 1. The largest absolute Gasteiger partial charge is 0.416 e. The third kappa shape index (κ3) is 4.71. The number of nitrogens with one attached hydrogen (secondary N) is 2. The van der Waals surface area contributed by atoms with Crippen LogP contribution < -0.4 is 10.6 Å². The van der Waals surface area contributed by atoms with Crippen LogP contribution in [0.4, 0.5) is 18.9 Å². The summed E-state index contributed by atoms with van der Waals surface area (Å²) in [7, 11) is 0. The third-order valence-electron chi connectivity index (χ3n) is 3.83. The molecule has 6 heteroatoms. The Hall–Kier alpha value is -2.08. The summed E-state index contributed by atoms with van der Waals surface area (Å²) in [6, 6.07) is 11.0. The van der Waals surface area contributed by atoms with Crippen LogP contribution in [0.25, 0.3) is 0 Å². The molecule has 2 rings (SSSR count). The molecule has 0 saturated carbocycles. The molecule has 2 N–H and O–H groups in total. The average molecular weight is 352 g/mol. The number of hydrogen-bond acceptors (Lipinski definition) is 1. The van der Waals surface area contributed by atoms with Gasteiger partial charge >= 0.3 is 6.18 Å². The summed E-state index contributed by atoms with van der Waals surface area (Å²) < 4.78 is 38.2. The van der Waals surface area contributed by atoms with Crippen LogP contribution in [0.5, 0.6) is 0 Å². The first-order valence-electron chi connectivity index (χ1n) is 7.49. The summed E-state index contributed by atoms with van der Waals surface area (Å²) >= 11 is 5.20. The molecule has 0 bridgehead atoms. The Morgan fingerprint density at radius 2 is 1.75 bits per heavy atom. The van der Waals surface area contributed by atoms with E-state index in [1.54, 1.807) is 6.07 Å². The lowest BCUT2D eigenvalue weighted by atomic mass is 10.0. The minimum Gasteiger partial charge on any atom is -0.356 e. The number of benzene rings is 2. The molecule has 1 atom stereocenters. The van der Waals surface area contributed by atoms with E-state index in [0.29, 0.717) is 5.69 Å². The van der Waals surface area contributed by atoms with E-state index in [9.17, 15) is 13.2 Å². The standard InChI is InChI=1S/C18H19F3N2S/c1-11-7-8-14(9-12(11)2)13(3)22-17(24)23-16-6-4-5-15(10-16)18(19,20)21/h4-10,13H,1-3H3,(H2,22,23,24)/t13-/m0/s1. The molecule has 0 saturated heterocycles. The Kier molecular flexibility index (Phi) is 5.49. The quantitative estimate of drug-likeness (QED) is 0.726.